The molecule has 25 heavy (non-hydrogen) atoms. The highest BCUT2D eigenvalue weighted by molar-refractivity contribution is 7.59. The average molecular weight is 365 g/mol. The Labute approximate surface area is 155 Å². The maximum Gasteiger partial charge on any atom is 0.231 e. The molecule has 4 heteroatoms. The first-order chi connectivity index (χ1) is 12.0. The van der Waals surface area contributed by atoms with Crippen molar-refractivity contribution in [2.75, 3.05) is 24.8 Å². The normalized spacial score (nSPS) is 13.4. The van der Waals surface area contributed by atoms with Crippen LogP contribution >= 0.6 is 7.92 Å². The van der Waals surface area contributed by atoms with Gasteiger partial charge in [-0.05, 0) is 62.3 Å². The molecule has 3 nitrogen and oxygen atoms in total. The molecule has 0 saturated carbocycles. The first kappa shape index (κ1) is 22.0. The number of rotatable bonds is 11. The molecule has 0 radical (unpaired) electrons. The lowest BCUT2D eigenvalue weighted by molar-refractivity contribution is -0.115. The van der Waals surface area contributed by atoms with E-state index in [0.29, 0.717) is 0 Å². The van der Waals surface area contributed by atoms with Gasteiger partial charge in [-0.3, -0.25) is 4.79 Å². The van der Waals surface area contributed by atoms with Crippen molar-refractivity contribution in [3.63, 3.8) is 0 Å². The number of anilines is 1. The van der Waals surface area contributed by atoms with Gasteiger partial charge < -0.3 is 10.1 Å². The van der Waals surface area contributed by atoms with Crippen LogP contribution < -0.4 is 10.1 Å². The molecule has 0 aliphatic rings. The van der Waals surface area contributed by atoms with E-state index in [1.165, 1.54) is 31.6 Å². The van der Waals surface area contributed by atoms with Crippen LogP contribution in [0.25, 0.3) is 0 Å². The molecule has 142 valence electrons. The van der Waals surface area contributed by atoms with E-state index in [4.69, 9.17) is 4.74 Å². The van der Waals surface area contributed by atoms with Crippen molar-refractivity contribution in [2.24, 2.45) is 0 Å². The highest BCUT2D eigenvalue weighted by Gasteiger charge is 2.27. The average Bonchev–Trinajstić information content (AvgIpc) is 2.59. The van der Waals surface area contributed by atoms with Crippen molar-refractivity contribution in [2.45, 2.75) is 72.4 Å². The van der Waals surface area contributed by atoms with Crippen LogP contribution in [0.15, 0.2) is 12.1 Å². The molecule has 2 atom stereocenters. The number of carbonyl (C=O) groups is 1. The third-order valence-corrected chi connectivity index (χ3v) is 7.89. The van der Waals surface area contributed by atoms with Gasteiger partial charge in [0.25, 0.3) is 0 Å². The Morgan fingerprint density at radius 2 is 1.72 bits per heavy atom. The summed E-state index contributed by atoms with van der Waals surface area (Å²) in [5.74, 6) is 1.06. The SMILES string of the molecule is CCCCP(CCC)C(CCC)C(=O)Nc1c(C)cc(OC)cc1C. The summed E-state index contributed by atoms with van der Waals surface area (Å²) in [7, 11) is 1.44. The fraction of sp³-hybridized carbons (Fsp3) is 0.667. The zero-order chi connectivity index (χ0) is 18.8. The van der Waals surface area contributed by atoms with Gasteiger partial charge >= 0.3 is 0 Å². The van der Waals surface area contributed by atoms with Crippen LogP contribution in [0.1, 0.15) is 64.0 Å². The maximum absolute atomic E-state index is 13.1. The minimum Gasteiger partial charge on any atom is -0.497 e. The Balaban J connectivity index is 2.98. The minimum absolute atomic E-state index is 0.174. The van der Waals surface area contributed by atoms with Gasteiger partial charge in [-0.1, -0.05) is 48.0 Å². The van der Waals surface area contributed by atoms with Crippen LogP contribution in [0.2, 0.25) is 0 Å². The Morgan fingerprint density at radius 3 is 2.20 bits per heavy atom. The van der Waals surface area contributed by atoms with Crippen LogP contribution in [0, 0.1) is 13.8 Å². The molecule has 1 N–H and O–H groups in total. The molecular weight excluding hydrogens is 329 g/mol. The minimum atomic E-state index is -0.237. The van der Waals surface area contributed by atoms with Crippen molar-refractivity contribution in [3.8, 4) is 5.75 Å². The molecule has 0 aliphatic carbocycles. The molecule has 1 aromatic rings. The third-order valence-electron chi connectivity index (χ3n) is 4.61. The predicted octanol–water partition coefficient (Wildman–Crippen LogP) is 6.11. The number of ether oxygens (including phenoxy) is 1. The quantitative estimate of drug-likeness (QED) is 0.480. The number of methoxy groups -OCH3 is 1. The summed E-state index contributed by atoms with van der Waals surface area (Å²) in [6.45, 7) is 10.7. The summed E-state index contributed by atoms with van der Waals surface area (Å²) < 4.78 is 5.33. The summed E-state index contributed by atoms with van der Waals surface area (Å²) in [5, 5.41) is 3.25. The van der Waals surface area contributed by atoms with Gasteiger partial charge in [0.15, 0.2) is 0 Å². The van der Waals surface area contributed by atoms with E-state index >= 15 is 0 Å². The van der Waals surface area contributed by atoms with Crippen molar-refractivity contribution in [1.82, 2.24) is 0 Å². The maximum atomic E-state index is 13.1. The molecule has 1 rings (SSSR count). The molecular formula is C21H36NO2P. The summed E-state index contributed by atoms with van der Waals surface area (Å²) in [4.78, 5) is 13.1. The second-order valence-corrected chi connectivity index (χ2v) is 9.51. The van der Waals surface area contributed by atoms with E-state index in [9.17, 15) is 4.79 Å². The number of unbranched alkanes of at least 4 members (excludes halogenated alkanes) is 1. The monoisotopic (exact) mass is 365 g/mol. The highest BCUT2D eigenvalue weighted by atomic mass is 31.1. The molecule has 0 saturated heterocycles. The topological polar surface area (TPSA) is 38.3 Å². The summed E-state index contributed by atoms with van der Waals surface area (Å²) >= 11 is 0. The Bertz CT molecular complexity index is 522. The molecule has 0 heterocycles. The molecule has 0 fully saturated rings. The van der Waals surface area contributed by atoms with Gasteiger partial charge in [-0.2, -0.15) is 0 Å². The van der Waals surface area contributed by atoms with Crippen LogP contribution in [-0.4, -0.2) is 31.0 Å². The van der Waals surface area contributed by atoms with Gasteiger partial charge in [0, 0.05) is 5.69 Å². The van der Waals surface area contributed by atoms with Crippen molar-refractivity contribution in [1.29, 1.82) is 0 Å². The number of hydrogen-bond acceptors (Lipinski definition) is 2. The van der Waals surface area contributed by atoms with Crippen molar-refractivity contribution in [3.05, 3.63) is 23.3 Å². The van der Waals surface area contributed by atoms with Gasteiger partial charge in [-0.25, -0.2) is 0 Å². The molecule has 1 amide bonds. The summed E-state index contributed by atoms with van der Waals surface area (Å²) in [6, 6.07) is 3.98. The fourth-order valence-electron chi connectivity index (χ4n) is 3.27. The Kier molecular flexibility index (Phi) is 10.1. The first-order valence-electron chi connectivity index (χ1n) is 9.68. The van der Waals surface area contributed by atoms with Crippen LogP contribution in [0.4, 0.5) is 5.69 Å². The zero-order valence-corrected chi connectivity index (χ0v) is 17.8. The van der Waals surface area contributed by atoms with E-state index in [-0.39, 0.29) is 19.5 Å². The molecule has 0 spiro atoms. The number of amides is 1. The summed E-state index contributed by atoms with van der Waals surface area (Å²) in [5.41, 5.74) is 3.25. The van der Waals surface area contributed by atoms with Gasteiger partial charge in [-0.15, -0.1) is 0 Å². The zero-order valence-electron chi connectivity index (χ0n) is 16.9. The number of aryl methyl sites for hydroxylation is 2. The number of benzene rings is 1. The van der Waals surface area contributed by atoms with Crippen LogP contribution in [0.5, 0.6) is 5.75 Å². The van der Waals surface area contributed by atoms with Crippen molar-refractivity contribution >= 4 is 19.5 Å². The molecule has 0 aromatic heterocycles. The van der Waals surface area contributed by atoms with E-state index < -0.39 is 0 Å². The van der Waals surface area contributed by atoms with Gasteiger partial charge in [0.1, 0.15) is 5.75 Å². The largest absolute Gasteiger partial charge is 0.497 e. The summed E-state index contributed by atoms with van der Waals surface area (Å²) in [6.07, 6.45) is 8.10. The Hall–Kier alpha value is -1.08. The number of hydrogen-bond donors (Lipinski definition) is 1. The third kappa shape index (κ3) is 6.62. The Morgan fingerprint density at radius 1 is 1.08 bits per heavy atom. The lowest BCUT2D eigenvalue weighted by Gasteiger charge is -2.27. The van der Waals surface area contributed by atoms with Gasteiger partial charge in [0.2, 0.25) is 5.91 Å². The van der Waals surface area contributed by atoms with Crippen LogP contribution in [0.3, 0.4) is 0 Å². The standard InChI is InChI=1S/C21H36NO2P/c1-7-10-13-25(12-9-3)19(11-8-2)21(23)22-20-16(4)14-18(24-6)15-17(20)5/h14-15,19H,7-13H2,1-6H3,(H,22,23). The predicted molar refractivity (Wildman–Crippen MR) is 112 cm³/mol. The lowest BCUT2D eigenvalue weighted by Crippen LogP contribution is -2.28. The van der Waals surface area contributed by atoms with Gasteiger partial charge in [0.05, 0.1) is 12.8 Å². The smallest absolute Gasteiger partial charge is 0.231 e. The second-order valence-electron chi connectivity index (χ2n) is 6.82. The molecule has 0 bridgehead atoms. The second kappa shape index (κ2) is 11.5. The van der Waals surface area contributed by atoms with E-state index in [1.807, 2.05) is 26.0 Å². The molecule has 1 aromatic carbocycles. The molecule has 0 aliphatic heterocycles. The number of carbonyl (C=O) groups excluding carboxylic acids is 1. The fourth-order valence-corrected chi connectivity index (χ4v) is 6.43. The van der Waals surface area contributed by atoms with E-state index in [0.717, 1.165) is 35.4 Å². The van der Waals surface area contributed by atoms with Crippen LogP contribution in [-0.2, 0) is 4.79 Å². The van der Waals surface area contributed by atoms with E-state index in [1.54, 1.807) is 7.11 Å². The van der Waals surface area contributed by atoms with Crippen molar-refractivity contribution < 1.29 is 9.53 Å². The first-order valence-corrected chi connectivity index (χ1v) is 11.5. The highest BCUT2D eigenvalue weighted by Crippen LogP contribution is 2.45. The lowest BCUT2D eigenvalue weighted by atomic mass is 10.1. The number of nitrogens with one attached hydrogen (secondary N) is 1. The van der Waals surface area contributed by atoms with E-state index in [2.05, 4.69) is 26.1 Å². The molecule has 2 unspecified atom stereocenters.